The Morgan fingerprint density at radius 3 is 2.40 bits per heavy atom. The van der Waals surface area contributed by atoms with E-state index in [0.29, 0.717) is 47.8 Å². The molecule has 3 rings (SSSR count). The minimum atomic E-state index is -0.779. The Kier molecular flexibility index (Phi) is 7.30. The lowest BCUT2D eigenvalue weighted by atomic mass is 10.0. The Labute approximate surface area is 179 Å². The summed E-state index contributed by atoms with van der Waals surface area (Å²) in [5, 5.41) is 3.52. The van der Waals surface area contributed by atoms with Crippen molar-refractivity contribution in [3.05, 3.63) is 64.7 Å². The summed E-state index contributed by atoms with van der Waals surface area (Å²) in [6, 6.07) is 13.2. The van der Waals surface area contributed by atoms with Gasteiger partial charge in [-0.3, -0.25) is 9.59 Å². The molecule has 0 bridgehead atoms. The predicted molar refractivity (Wildman–Crippen MR) is 112 cm³/mol. The van der Waals surface area contributed by atoms with E-state index in [9.17, 15) is 14.4 Å². The van der Waals surface area contributed by atoms with E-state index < -0.39 is 6.16 Å². The molecule has 1 fully saturated rings. The van der Waals surface area contributed by atoms with E-state index in [1.165, 1.54) is 0 Å². The third-order valence-electron chi connectivity index (χ3n) is 4.77. The van der Waals surface area contributed by atoms with Crippen LogP contribution in [0.3, 0.4) is 0 Å². The molecule has 158 valence electrons. The van der Waals surface area contributed by atoms with Crippen molar-refractivity contribution < 1.29 is 23.9 Å². The molecule has 0 aliphatic carbocycles. The maximum absolute atomic E-state index is 12.7. The molecule has 1 N–H and O–H groups in total. The van der Waals surface area contributed by atoms with Crippen molar-refractivity contribution in [2.45, 2.75) is 25.8 Å². The molecule has 1 saturated heterocycles. The van der Waals surface area contributed by atoms with Gasteiger partial charge in [0.15, 0.2) is 0 Å². The molecule has 2 aromatic carbocycles. The minimum Gasteiger partial charge on any atom is -0.434 e. The number of amides is 2. The summed E-state index contributed by atoms with van der Waals surface area (Å²) < 4.78 is 9.71. The summed E-state index contributed by atoms with van der Waals surface area (Å²) in [7, 11) is 0. The van der Waals surface area contributed by atoms with Crippen LogP contribution in [0.5, 0.6) is 5.75 Å². The Hall–Kier alpha value is -3.06. The highest BCUT2D eigenvalue weighted by Gasteiger charge is 2.25. The van der Waals surface area contributed by atoms with E-state index in [4.69, 9.17) is 21.1 Å². The number of halogens is 1. The SMILES string of the molecule is CCOC(=O)Oc1ccc(C(=O)N2CCC(NC(=O)c3cccc(Cl)c3)CC2)cc1. The van der Waals surface area contributed by atoms with E-state index in [2.05, 4.69) is 5.32 Å². The molecule has 30 heavy (non-hydrogen) atoms. The van der Waals surface area contributed by atoms with Gasteiger partial charge in [-0.1, -0.05) is 17.7 Å². The Morgan fingerprint density at radius 1 is 1.07 bits per heavy atom. The van der Waals surface area contributed by atoms with E-state index >= 15 is 0 Å². The van der Waals surface area contributed by atoms with Crippen molar-refractivity contribution in [3.8, 4) is 5.75 Å². The van der Waals surface area contributed by atoms with Gasteiger partial charge in [0.25, 0.3) is 11.8 Å². The molecular formula is C22H23ClN2O5. The number of ether oxygens (including phenoxy) is 2. The molecule has 8 heteroatoms. The molecule has 2 aromatic rings. The van der Waals surface area contributed by atoms with Crippen molar-refractivity contribution in [1.82, 2.24) is 10.2 Å². The van der Waals surface area contributed by atoms with Crippen molar-refractivity contribution in [1.29, 1.82) is 0 Å². The number of piperidine rings is 1. The van der Waals surface area contributed by atoms with Crippen LogP contribution in [0.1, 0.15) is 40.5 Å². The highest BCUT2D eigenvalue weighted by atomic mass is 35.5. The van der Waals surface area contributed by atoms with Gasteiger partial charge in [0.1, 0.15) is 5.75 Å². The molecule has 0 atom stereocenters. The number of carbonyl (C=O) groups excluding carboxylic acids is 3. The quantitative estimate of drug-likeness (QED) is 0.574. The van der Waals surface area contributed by atoms with Crippen LogP contribution in [-0.2, 0) is 4.74 Å². The summed E-state index contributed by atoms with van der Waals surface area (Å²) >= 11 is 5.94. The number of rotatable bonds is 5. The molecule has 2 amide bonds. The minimum absolute atomic E-state index is 0.000820. The standard InChI is InChI=1S/C22H23ClN2O5/c1-2-29-22(28)30-19-8-6-15(7-9-19)21(27)25-12-10-18(11-13-25)24-20(26)16-4-3-5-17(23)14-16/h3-9,14,18H,2,10-13H2,1H3,(H,24,26). The highest BCUT2D eigenvalue weighted by molar-refractivity contribution is 6.30. The Bertz CT molecular complexity index is 908. The average molecular weight is 431 g/mol. The average Bonchev–Trinajstić information content (AvgIpc) is 2.74. The van der Waals surface area contributed by atoms with Crippen molar-refractivity contribution in [3.63, 3.8) is 0 Å². The molecule has 1 heterocycles. The number of benzene rings is 2. The molecule has 1 aliphatic rings. The van der Waals surface area contributed by atoms with E-state index in [1.54, 1.807) is 60.4 Å². The summed E-state index contributed by atoms with van der Waals surface area (Å²) in [4.78, 5) is 38.2. The number of hydrogen-bond acceptors (Lipinski definition) is 5. The van der Waals surface area contributed by atoms with Gasteiger partial charge >= 0.3 is 6.16 Å². The van der Waals surface area contributed by atoms with Crippen LogP contribution in [-0.4, -0.2) is 48.6 Å². The molecule has 7 nitrogen and oxygen atoms in total. The van der Waals surface area contributed by atoms with Gasteiger partial charge in [-0.25, -0.2) is 4.79 Å². The number of nitrogens with one attached hydrogen (secondary N) is 1. The maximum atomic E-state index is 12.7. The lowest BCUT2D eigenvalue weighted by Gasteiger charge is -2.32. The van der Waals surface area contributed by atoms with Gasteiger partial charge in [-0.15, -0.1) is 0 Å². The van der Waals surface area contributed by atoms with Gasteiger partial charge < -0.3 is 19.7 Å². The normalized spacial score (nSPS) is 14.1. The lowest BCUT2D eigenvalue weighted by Crippen LogP contribution is -2.46. The molecule has 0 aromatic heterocycles. The van der Waals surface area contributed by atoms with Crippen LogP contribution in [0.2, 0.25) is 5.02 Å². The molecular weight excluding hydrogens is 408 g/mol. The van der Waals surface area contributed by atoms with Gasteiger partial charge in [-0.05, 0) is 62.2 Å². The zero-order chi connectivity index (χ0) is 21.5. The second-order valence-electron chi connectivity index (χ2n) is 6.86. The summed E-state index contributed by atoms with van der Waals surface area (Å²) in [5.74, 6) is 0.0456. The first-order valence-electron chi connectivity index (χ1n) is 9.76. The fraction of sp³-hybridized carbons (Fsp3) is 0.318. The lowest BCUT2D eigenvalue weighted by molar-refractivity contribution is 0.0698. The highest BCUT2D eigenvalue weighted by Crippen LogP contribution is 2.18. The van der Waals surface area contributed by atoms with Crippen LogP contribution in [0, 0.1) is 0 Å². The zero-order valence-corrected chi connectivity index (χ0v) is 17.4. The summed E-state index contributed by atoms with van der Waals surface area (Å²) in [6.07, 6.45) is 0.558. The third kappa shape index (κ3) is 5.73. The van der Waals surface area contributed by atoms with E-state index in [1.807, 2.05) is 0 Å². The smallest absolute Gasteiger partial charge is 0.434 e. The largest absolute Gasteiger partial charge is 0.513 e. The molecule has 0 spiro atoms. The first-order valence-corrected chi connectivity index (χ1v) is 10.1. The van der Waals surface area contributed by atoms with E-state index in [0.717, 1.165) is 0 Å². The van der Waals surface area contributed by atoms with Gasteiger partial charge in [0, 0.05) is 35.3 Å². The molecule has 0 radical (unpaired) electrons. The van der Waals surface area contributed by atoms with Crippen LogP contribution in [0.15, 0.2) is 48.5 Å². The maximum Gasteiger partial charge on any atom is 0.513 e. The van der Waals surface area contributed by atoms with Crippen molar-refractivity contribution in [2.24, 2.45) is 0 Å². The van der Waals surface area contributed by atoms with Crippen molar-refractivity contribution in [2.75, 3.05) is 19.7 Å². The molecule has 0 saturated carbocycles. The topological polar surface area (TPSA) is 84.9 Å². The van der Waals surface area contributed by atoms with Crippen molar-refractivity contribution >= 4 is 29.6 Å². The Morgan fingerprint density at radius 2 is 1.77 bits per heavy atom. The number of nitrogens with zero attached hydrogens (tertiary/aromatic N) is 1. The van der Waals surface area contributed by atoms with Gasteiger partial charge in [0.2, 0.25) is 0 Å². The zero-order valence-electron chi connectivity index (χ0n) is 16.6. The predicted octanol–water partition coefficient (Wildman–Crippen LogP) is 3.91. The summed E-state index contributed by atoms with van der Waals surface area (Å²) in [6.45, 7) is 3.00. The fourth-order valence-electron chi connectivity index (χ4n) is 3.22. The van der Waals surface area contributed by atoms with Crippen LogP contribution >= 0.6 is 11.6 Å². The number of carbonyl (C=O) groups is 3. The van der Waals surface area contributed by atoms with Gasteiger partial charge in [0.05, 0.1) is 6.61 Å². The monoisotopic (exact) mass is 430 g/mol. The van der Waals surface area contributed by atoms with Gasteiger partial charge in [-0.2, -0.15) is 0 Å². The van der Waals surface area contributed by atoms with E-state index in [-0.39, 0.29) is 24.5 Å². The summed E-state index contributed by atoms with van der Waals surface area (Å²) in [5.41, 5.74) is 1.03. The fourth-order valence-corrected chi connectivity index (χ4v) is 3.41. The Balaban J connectivity index is 1.50. The molecule has 0 unspecified atom stereocenters. The van der Waals surface area contributed by atoms with Crippen LogP contribution in [0.4, 0.5) is 4.79 Å². The number of likely N-dealkylation sites (tertiary alicyclic amines) is 1. The van der Waals surface area contributed by atoms with Crippen LogP contribution < -0.4 is 10.1 Å². The first-order chi connectivity index (χ1) is 14.5. The second-order valence-corrected chi connectivity index (χ2v) is 7.30. The second kappa shape index (κ2) is 10.1. The first kappa shape index (κ1) is 21.6. The number of hydrogen-bond donors (Lipinski definition) is 1. The van der Waals surface area contributed by atoms with Crippen LogP contribution in [0.25, 0.3) is 0 Å². The molecule has 1 aliphatic heterocycles. The third-order valence-corrected chi connectivity index (χ3v) is 5.00.